The van der Waals surface area contributed by atoms with Gasteiger partial charge in [0, 0.05) is 32.1 Å². The lowest BCUT2D eigenvalue weighted by molar-refractivity contribution is -0.126. The van der Waals surface area contributed by atoms with Crippen molar-refractivity contribution in [2.45, 2.75) is 32.2 Å². The number of urea groups is 1. The maximum Gasteiger partial charge on any atom is 0.317 e. The zero-order chi connectivity index (χ0) is 26.2. The first-order chi connectivity index (χ1) is 17.9. The Hall–Kier alpha value is -3.87. The molecule has 0 aliphatic carbocycles. The molecule has 2 N–H and O–H groups in total. The minimum absolute atomic E-state index is 0.0690. The fourth-order valence-electron chi connectivity index (χ4n) is 4.88. The molecule has 7 heteroatoms. The van der Waals surface area contributed by atoms with E-state index in [1.807, 2.05) is 60.7 Å². The van der Waals surface area contributed by atoms with Gasteiger partial charge < -0.3 is 20.3 Å². The monoisotopic (exact) mass is 503 g/mol. The fourth-order valence-corrected chi connectivity index (χ4v) is 4.88. The van der Waals surface area contributed by atoms with Gasteiger partial charge in [-0.15, -0.1) is 0 Å². The minimum atomic E-state index is -0.371. The van der Waals surface area contributed by atoms with Crippen LogP contribution >= 0.6 is 0 Å². The van der Waals surface area contributed by atoms with Crippen LogP contribution in [0.15, 0.2) is 72.8 Å². The second kappa shape index (κ2) is 12.4. The Morgan fingerprint density at radius 1 is 1.00 bits per heavy atom. The quantitative estimate of drug-likeness (QED) is 0.463. The summed E-state index contributed by atoms with van der Waals surface area (Å²) in [5.41, 5.74) is 3.52. The highest BCUT2D eigenvalue weighted by atomic mass is 19.1. The molecule has 1 heterocycles. The van der Waals surface area contributed by atoms with Crippen LogP contribution in [0.1, 0.15) is 34.6 Å². The van der Waals surface area contributed by atoms with Crippen molar-refractivity contribution in [3.63, 3.8) is 0 Å². The predicted molar refractivity (Wildman–Crippen MR) is 142 cm³/mol. The summed E-state index contributed by atoms with van der Waals surface area (Å²) in [5.74, 6) is 0.00844. The highest BCUT2D eigenvalue weighted by Crippen LogP contribution is 2.31. The van der Waals surface area contributed by atoms with Gasteiger partial charge in [-0.2, -0.15) is 0 Å². The second-order valence-electron chi connectivity index (χ2n) is 9.54. The molecule has 3 aromatic rings. The van der Waals surface area contributed by atoms with Crippen molar-refractivity contribution in [3.8, 4) is 5.75 Å². The van der Waals surface area contributed by atoms with E-state index in [2.05, 4.69) is 10.6 Å². The number of benzene rings is 3. The third-order valence-corrected chi connectivity index (χ3v) is 6.93. The van der Waals surface area contributed by atoms with Gasteiger partial charge in [0.1, 0.15) is 11.6 Å². The van der Waals surface area contributed by atoms with Gasteiger partial charge in [-0.25, -0.2) is 9.18 Å². The summed E-state index contributed by atoms with van der Waals surface area (Å²) in [6.45, 7) is 3.41. The van der Waals surface area contributed by atoms with E-state index in [4.69, 9.17) is 4.74 Å². The van der Waals surface area contributed by atoms with Crippen molar-refractivity contribution in [2.75, 3.05) is 26.7 Å². The summed E-state index contributed by atoms with van der Waals surface area (Å²) in [7, 11) is 1.63. The molecule has 2 atom stereocenters. The number of methoxy groups -OCH3 is 1. The number of likely N-dealkylation sites (tertiary alicyclic amines) is 1. The number of rotatable bonds is 8. The number of para-hydroxylation sites is 1. The highest BCUT2D eigenvalue weighted by molar-refractivity contribution is 5.81. The number of ether oxygens (including phenoxy) is 1. The standard InChI is InChI=1S/C30H34FN3O3/c1-21-16-24(12-13-27(21)31)25-17-26(29(35)32-15-14-23-10-6-7-11-28(23)37-2)20-34(19-25)30(36)33-18-22-8-4-3-5-9-22/h3-13,16,25-26H,14-15,17-20H2,1-2H3,(H,32,35)(H,33,36)/t25-,26-/m1/s1. The maximum atomic E-state index is 13.9. The van der Waals surface area contributed by atoms with Crippen molar-refractivity contribution in [2.24, 2.45) is 5.92 Å². The largest absolute Gasteiger partial charge is 0.496 e. The third kappa shape index (κ3) is 6.88. The molecule has 0 radical (unpaired) electrons. The summed E-state index contributed by atoms with van der Waals surface area (Å²) in [6, 6.07) is 22.3. The number of amides is 3. The van der Waals surface area contributed by atoms with E-state index in [-0.39, 0.29) is 29.6 Å². The second-order valence-corrected chi connectivity index (χ2v) is 9.54. The molecular weight excluding hydrogens is 469 g/mol. The van der Waals surface area contributed by atoms with E-state index in [1.54, 1.807) is 25.0 Å². The van der Waals surface area contributed by atoms with Gasteiger partial charge in [-0.3, -0.25) is 4.79 Å². The van der Waals surface area contributed by atoms with E-state index in [0.717, 1.165) is 22.4 Å². The molecule has 3 amide bonds. The molecule has 0 unspecified atom stereocenters. The number of hydrogen-bond donors (Lipinski definition) is 2. The molecule has 1 fully saturated rings. The van der Waals surface area contributed by atoms with Crippen molar-refractivity contribution < 1.29 is 18.7 Å². The summed E-state index contributed by atoms with van der Waals surface area (Å²) in [6.07, 6.45) is 1.23. The van der Waals surface area contributed by atoms with E-state index in [9.17, 15) is 14.0 Å². The Morgan fingerprint density at radius 3 is 2.51 bits per heavy atom. The smallest absolute Gasteiger partial charge is 0.317 e. The van der Waals surface area contributed by atoms with E-state index >= 15 is 0 Å². The molecule has 37 heavy (non-hydrogen) atoms. The molecule has 4 rings (SSSR count). The molecular formula is C30H34FN3O3. The average molecular weight is 504 g/mol. The Balaban J connectivity index is 1.44. The Labute approximate surface area is 217 Å². The van der Waals surface area contributed by atoms with Crippen LogP contribution in [0.5, 0.6) is 5.75 Å². The number of aryl methyl sites for hydroxylation is 1. The Kier molecular flexibility index (Phi) is 8.77. The third-order valence-electron chi connectivity index (χ3n) is 6.93. The highest BCUT2D eigenvalue weighted by Gasteiger charge is 2.34. The Bertz CT molecular complexity index is 1220. The molecule has 6 nitrogen and oxygen atoms in total. The van der Waals surface area contributed by atoms with E-state index < -0.39 is 0 Å². The molecule has 194 valence electrons. The zero-order valence-electron chi connectivity index (χ0n) is 21.4. The zero-order valence-corrected chi connectivity index (χ0v) is 21.4. The summed E-state index contributed by atoms with van der Waals surface area (Å²) in [5, 5.41) is 6.03. The first-order valence-corrected chi connectivity index (χ1v) is 12.7. The predicted octanol–water partition coefficient (Wildman–Crippen LogP) is 4.82. The molecule has 0 saturated carbocycles. The molecule has 0 aromatic heterocycles. The number of carbonyl (C=O) groups is 2. The molecule has 1 saturated heterocycles. The number of hydrogen-bond acceptors (Lipinski definition) is 3. The van der Waals surface area contributed by atoms with Crippen molar-refractivity contribution >= 4 is 11.9 Å². The molecule has 0 spiro atoms. The summed E-state index contributed by atoms with van der Waals surface area (Å²) >= 11 is 0. The van der Waals surface area contributed by atoms with Crippen LogP contribution in [0, 0.1) is 18.7 Å². The topological polar surface area (TPSA) is 70.7 Å². The first-order valence-electron chi connectivity index (χ1n) is 12.7. The SMILES string of the molecule is COc1ccccc1CCNC(=O)[C@@H]1C[C@@H](c2ccc(F)c(C)c2)CN(C(=O)NCc2ccccc2)C1. The van der Waals surface area contributed by atoms with Crippen molar-refractivity contribution in [1.82, 2.24) is 15.5 Å². The van der Waals surface area contributed by atoms with E-state index in [1.165, 1.54) is 6.07 Å². The number of piperidine rings is 1. The van der Waals surface area contributed by atoms with Crippen LogP contribution in [-0.2, 0) is 17.8 Å². The van der Waals surface area contributed by atoms with Crippen LogP contribution < -0.4 is 15.4 Å². The maximum absolute atomic E-state index is 13.9. The van der Waals surface area contributed by atoms with Crippen LogP contribution in [-0.4, -0.2) is 43.6 Å². The van der Waals surface area contributed by atoms with Gasteiger partial charge in [0.2, 0.25) is 5.91 Å². The van der Waals surface area contributed by atoms with Crippen LogP contribution in [0.2, 0.25) is 0 Å². The normalized spacial score (nSPS) is 17.2. The molecule has 1 aliphatic heterocycles. The molecule has 3 aromatic carbocycles. The Morgan fingerprint density at radius 2 is 1.76 bits per heavy atom. The number of carbonyl (C=O) groups excluding carboxylic acids is 2. The fraction of sp³-hybridized carbons (Fsp3) is 0.333. The molecule has 0 bridgehead atoms. The lowest BCUT2D eigenvalue weighted by Crippen LogP contribution is -2.51. The molecule has 1 aliphatic rings. The van der Waals surface area contributed by atoms with Gasteiger partial charge in [0.15, 0.2) is 0 Å². The van der Waals surface area contributed by atoms with Crippen LogP contribution in [0.3, 0.4) is 0 Å². The van der Waals surface area contributed by atoms with Crippen LogP contribution in [0.25, 0.3) is 0 Å². The van der Waals surface area contributed by atoms with Crippen molar-refractivity contribution in [1.29, 1.82) is 0 Å². The lowest BCUT2D eigenvalue weighted by atomic mass is 9.83. The number of nitrogens with zero attached hydrogens (tertiary/aromatic N) is 1. The summed E-state index contributed by atoms with van der Waals surface area (Å²) in [4.78, 5) is 28.1. The summed E-state index contributed by atoms with van der Waals surface area (Å²) < 4.78 is 19.3. The number of nitrogens with one attached hydrogen (secondary N) is 2. The van der Waals surface area contributed by atoms with Crippen LogP contribution in [0.4, 0.5) is 9.18 Å². The average Bonchev–Trinajstić information content (AvgIpc) is 2.93. The minimum Gasteiger partial charge on any atom is -0.496 e. The van der Waals surface area contributed by atoms with Gasteiger partial charge in [0.05, 0.1) is 13.0 Å². The lowest BCUT2D eigenvalue weighted by Gasteiger charge is -2.37. The first kappa shape index (κ1) is 26.2. The van der Waals surface area contributed by atoms with Gasteiger partial charge in [0.25, 0.3) is 0 Å². The van der Waals surface area contributed by atoms with Gasteiger partial charge in [-0.05, 0) is 54.2 Å². The number of halogens is 1. The van der Waals surface area contributed by atoms with Gasteiger partial charge in [-0.1, -0.05) is 60.7 Å². The van der Waals surface area contributed by atoms with Gasteiger partial charge >= 0.3 is 6.03 Å². The van der Waals surface area contributed by atoms with E-state index in [0.29, 0.717) is 44.6 Å². The van der Waals surface area contributed by atoms with Crippen molar-refractivity contribution in [3.05, 3.63) is 101 Å².